The smallest absolute Gasteiger partial charge is 0.291 e. The van der Waals surface area contributed by atoms with Crippen LogP contribution in [-0.4, -0.2) is 14.3 Å². The summed E-state index contributed by atoms with van der Waals surface area (Å²) in [7, 11) is -3.81. The van der Waals surface area contributed by atoms with E-state index in [0.717, 1.165) is 0 Å². The molecule has 1 heterocycles. The summed E-state index contributed by atoms with van der Waals surface area (Å²) in [5.41, 5.74) is 1.24. The molecule has 0 fully saturated rings. The molecule has 0 saturated heterocycles. The van der Waals surface area contributed by atoms with Crippen molar-refractivity contribution in [2.45, 2.75) is 16.9 Å². The largest absolute Gasteiger partial charge is 0.439 e. The lowest BCUT2D eigenvalue weighted by atomic mass is 10.2. The molecule has 0 unspecified atom stereocenters. The molecule has 3 rings (SSSR count). The SMILES string of the molecule is Cc1c(Cl)cccc1NC(=O)c1ccc(S(=O)(=O)c2ccccc2)o1. The van der Waals surface area contributed by atoms with Gasteiger partial charge in [0.2, 0.25) is 14.9 Å². The highest BCUT2D eigenvalue weighted by Gasteiger charge is 2.23. The molecule has 1 N–H and O–H groups in total. The summed E-state index contributed by atoms with van der Waals surface area (Å²) < 4.78 is 30.2. The Kier molecular flexibility index (Phi) is 4.65. The van der Waals surface area contributed by atoms with Crippen LogP contribution in [-0.2, 0) is 9.84 Å². The van der Waals surface area contributed by atoms with Crippen LogP contribution in [0, 0.1) is 6.92 Å². The van der Waals surface area contributed by atoms with Gasteiger partial charge in [0.05, 0.1) is 4.90 Å². The van der Waals surface area contributed by atoms with Gasteiger partial charge in [-0.25, -0.2) is 8.42 Å². The monoisotopic (exact) mass is 375 g/mol. The number of nitrogens with one attached hydrogen (secondary N) is 1. The topological polar surface area (TPSA) is 76.4 Å². The van der Waals surface area contributed by atoms with Gasteiger partial charge in [0.15, 0.2) is 5.76 Å². The molecule has 0 aliphatic heterocycles. The molecule has 7 heteroatoms. The molecule has 0 radical (unpaired) electrons. The maximum atomic E-state index is 12.5. The van der Waals surface area contributed by atoms with Gasteiger partial charge >= 0.3 is 0 Å². The molecule has 0 aliphatic rings. The Morgan fingerprint density at radius 1 is 1.00 bits per heavy atom. The molecule has 1 aromatic heterocycles. The van der Waals surface area contributed by atoms with E-state index in [1.165, 1.54) is 24.3 Å². The standard InChI is InChI=1S/C18H14ClNO4S/c1-12-14(19)8-5-9-15(12)20-18(21)16-10-11-17(24-16)25(22,23)13-6-3-2-4-7-13/h2-11H,1H3,(H,20,21). The van der Waals surface area contributed by atoms with E-state index in [4.69, 9.17) is 16.0 Å². The Hall–Kier alpha value is -2.57. The van der Waals surface area contributed by atoms with Gasteiger partial charge in [-0.05, 0) is 48.9 Å². The highest BCUT2D eigenvalue weighted by atomic mass is 35.5. The predicted octanol–water partition coefficient (Wildman–Crippen LogP) is 4.33. The van der Waals surface area contributed by atoms with Crippen LogP contribution in [0.25, 0.3) is 0 Å². The number of sulfone groups is 1. The van der Waals surface area contributed by atoms with Crippen LogP contribution in [0.15, 0.2) is 75.1 Å². The first-order chi connectivity index (χ1) is 11.9. The molecule has 0 saturated carbocycles. The molecule has 0 spiro atoms. The normalized spacial score (nSPS) is 11.3. The lowest BCUT2D eigenvalue weighted by Gasteiger charge is -2.08. The lowest BCUT2D eigenvalue weighted by Crippen LogP contribution is -2.12. The fourth-order valence-electron chi connectivity index (χ4n) is 2.23. The lowest BCUT2D eigenvalue weighted by molar-refractivity contribution is 0.0991. The second-order valence-electron chi connectivity index (χ2n) is 5.30. The number of hydrogen-bond donors (Lipinski definition) is 1. The number of hydrogen-bond acceptors (Lipinski definition) is 4. The van der Waals surface area contributed by atoms with Crippen molar-refractivity contribution in [2.24, 2.45) is 0 Å². The Balaban J connectivity index is 1.86. The quantitative estimate of drug-likeness (QED) is 0.736. The molecular weight excluding hydrogens is 362 g/mol. The molecule has 0 bridgehead atoms. The summed E-state index contributed by atoms with van der Waals surface area (Å²) in [6, 6.07) is 15.6. The van der Waals surface area contributed by atoms with E-state index in [2.05, 4.69) is 5.32 Å². The Bertz CT molecular complexity index is 1030. The highest BCUT2D eigenvalue weighted by Crippen LogP contribution is 2.25. The Labute approximate surface area is 150 Å². The number of halogens is 1. The maximum Gasteiger partial charge on any atom is 0.291 e. The number of anilines is 1. The van der Waals surface area contributed by atoms with Gasteiger partial charge in [-0.1, -0.05) is 35.9 Å². The van der Waals surface area contributed by atoms with Crippen molar-refractivity contribution in [1.29, 1.82) is 0 Å². The molecule has 0 aliphatic carbocycles. The second-order valence-corrected chi connectivity index (χ2v) is 7.59. The van der Waals surface area contributed by atoms with E-state index in [0.29, 0.717) is 16.3 Å². The van der Waals surface area contributed by atoms with Crippen molar-refractivity contribution >= 4 is 33.0 Å². The molecule has 2 aromatic carbocycles. The van der Waals surface area contributed by atoms with Gasteiger partial charge < -0.3 is 9.73 Å². The van der Waals surface area contributed by atoms with Crippen LogP contribution < -0.4 is 5.32 Å². The summed E-state index contributed by atoms with van der Waals surface area (Å²) in [5, 5.41) is 2.89. The zero-order valence-corrected chi connectivity index (χ0v) is 14.8. The summed E-state index contributed by atoms with van der Waals surface area (Å²) in [6.45, 7) is 1.77. The third-order valence-corrected chi connectivity index (χ3v) is 5.69. The first-order valence-corrected chi connectivity index (χ1v) is 9.22. The number of benzene rings is 2. The minimum Gasteiger partial charge on any atom is -0.439 e. The zero-order chi connectivity index (χ0) is 18.0. The van der Waals surface area contributed by atoms with Gasteiger partial charge in [0.1, 0.15) is 0 Å². The first-order valence-electron chi connectivity index (χ1n) is 7.36. The number of carbonyl (C=O) groups excluding carboxylic acids is 1. The van der Waals surface area contributed by atoms with E-state index in [1.54, 1.807) is 43.3 Å². The van der Waals surface area contributed by atoms with Crippen molar-refractivity contribution in [3.63, 3.8) is 0 Å². The summed E-state index contributed by atoms with van der Waals surface area (Å²) in [6.07, 6.45) is 0. The van der Waals surface area contributed by atoms with Crippen LogP contribution in [0.5, 0.6) is 0 Å². The van der Waals surface area contributed by atoms with Gasteiger partial charge in [-0.3, -0.25) is 4.79 Å². The van der Waals surface area contributed by atoms with Crippen LogP contribution in [0.4, 0.5) is 5.69 Å². The average molecular weight is 376 g/mol. The van der Waals surface area contributed by atoms with Crippen molar-refractivity contribution in [3.8, 4) is 0 Å². The molecule has 1 amide bonds. The van der Waals surface area contributed by atoms with E-state index >= 15 is 0 Å². The van der Waals surface area contributed by atoms with Crippen molar-refractivity contribution < 1.29 is 17.6 Å². The molecular formula is C18H14ClNO4S. The fourth-order valence-corrected chi connectivity index (χ4v) is 3.60. The molecule has 128 valence electrons. The molecule has 5 nitrogen and oxygen atoms in total. The average Bonchev–Trinajstić information content (AvgIpc) is 3.11. The Morgan fingerprint density at radius 2 is 1.72 bits per heavy atom. The van der Waals surface area contributed by atoms with Gasteiger partial charge in [-0.2, -0.15) is 0 Å². The third-order valence-electron chi connectivity index (χ3n) is 3.64. The van der Waals surface area contributed by atoms with Gasteiger partial charge in [0.25, 0.3) is 5.91 Å². The maximum absolute atomic E-state index is 12.5. The summed E-state index contributed by atoms with van der Waals surface area (Å²) in [4.78, 5) is 12.4. The van der Waals surface area contributed by atoms with Crippen LogP contribution in [0.2, 0.25) is 5.02 Å². The fraction of sp³-hybridized carbons (Fsp3) is 0.0556. The van der Waals surface area contributed by atoms with Crippen LogP contribution >= 0.6 is 11.6 Å². The van der Waals surface area contributed by atoms with E-state index in [-0.39, 0.29) is 15.7 Å². The number of furan rings is 1. The molecule has 3 aromatic rings. The van der Waals surface area contributed by atoms with Crippen LogP contribution in [0.3, 0.4) is 0 Å². The summed E-state index contributed by atoms with van der Waals surface area (Å²) >= 11 is 6.02. The molecule has 25 heavy (non-hydrogen) atoms. The minimum absolute atomic E-state index is 0.0991. The van der Waals surface area contributed by atoms with E-state index < -0.39 is 15.7 Å². The highest BCUT2D eigenvalue weighted by molar-refractivity contribution is 7.91. The number of carbonyl (C=O) groups is 1. The zero-order valence-electron chi connectivity index (χ0n) is 13.2. The summed E-state index contributed by atoms with van der Waals surface area (Å²) in [5.74, 6) is -0.659. The molecule has 0 atom stereocenters. The third kappa shape index (κ3) is 3.45. The van der Waals surface area contributed by atoms with Crippen molar-refractivity contribution in [1.82, 2.24) is 0 Å². The minimum atomic E-state index is -3.81. The van der Waals surface area contributed by atoms with Crippen molar-refractivity contribution in [2.75, 3.05) is 5.32 Å². The first kappa shape index (κ1) is 17.3. The van der Waals surface area contributed by atoms with E-state index in [1.807, 2.05) is 0 Å². The number of rotatable bonds is 4. The van der Waals surface area contributed by atoms with Crippen molar-refractivity contribution in [3.05, 3.63) is 77.0 Å². The number of amides is 1. The van der Waals surface area contributed by atoms with Gasteiger partial charge in [-0.15, -0.1) is 0 Å². The predicted molar refractivity (Wildman–Crippen MR) is 94.7 cm³/mol. The van der Waals surface area contributed by atoms with E-state index in [9.17, 15) is 13.2 Å². The van der Waals surface area contributed by atoms with Crippen LogP contribution in [0.1, 0.15) is 16.1 Å². The van der Waals surface area contributed by atoms with Gasteiger partial charge in [0, 0.05) is 10.7 Å². The Morgan fingerprint density at radius 3 is 2.44 bits per heavy atom. The second kappa shape index (κ2) is 6.74.